The highest BCUT2D eigenvalue weighted by Crippen LogP contribution is 2.15. The minimum atomic E-state index is -0.196. The van der Waals surface area contributed by atoms with E-state index < -0.39 is 0 Å². The Hall–Kier alpha value is -0.600. The van der Waals surface area contributed by atoms with Crippen LogP contribution in [-0.4, -0.2) is 11.5 Å². The molecule has 0 aromatic rings. The van der Waals surface area contributed by atoms with Gasteiger partial charge in [0, 0.05) is 11.3 Å². The van der Waals surface area contributed by atoms with Gasteiger partial charge < -0.3 is 0 Å². The van der Waals surface area contributed by atoms with Gasteiger partial charge in [0.2, 0.25) is 6.54 Å². The normalized spacial score (nSPS) is 11.2. The lowest BCUT2D eigenvalue weighted by molar-refractivity contribution is -0.480. The summed E-state index contributed by atoms with van der Waals surface area (Å²) >= 11 is 0. The summed E-state index contributed by atoms with van der Waals surface area (Å²) in [4.78, 5) is 10.0. The Balaban J connectivity index is 2.99. The molecule has 0 heterocycles. The van der Waals surface area contributed by atoms with E-state index in [1.807, 2.05) is 0 Å². The van der Waals surface area contributed by atoms with Crippen molar-refractivity contribution in [2.45, 2.75) is 161 Å². The lowest BCUT2D eigenvalue weighted by Crippen LogP contribution is -1.99. The Morgan fingerprint density at radius 1 is 0.414 bits per heavy atom. The molecule has 0 radical (unpaired) electrons. The topological polar surface area (TPSA) is 43.1 Å². The van der Waals surface area contributed by atoms with Gasteiger partial charge in [0.25, 0.3) is 0 Å². The first kappa shape index (κ1) is 28.4. The van der Waals surface area contributed by atoms with Gasteiger partial charge in [0.15, 0.2) is 0 Å². The fourth-order valence-corrected chi connectivity index (χ4v) is 4.20. The molecule has 0 aliphatic rings. The van der Waals surface area contributed by atoms with Gasteiger partial charge in [-0.1, -0.05) is 148 Å². The van der Waals surface area contributed by atoms with Crippen molar-refractivity contribution in [3.63, 3.8) is 0 Å². The van der Waals surface area contributed by atoms with Crippen LogP contribution in [0.2, 0.25) is 0 Å². The van der Waals surface area contributed by atoms with Gasteiger partial charge in [-0.05, 0) is 6.42 Å². The second-order valence-corrected chi connectivity index (χ2v) is 9.19. The third-order valence-corrected chi connectivity index (χ3v) is 6.19. The van der Waals surface area contributed by atoms with Crippen LogP contribution in [0.15, 0.2) is 0 Å². The van der Waals surface area contributed by atoms with Gasteiger partial charge in [0.1, 0.15) is 0 Å². The maximum absolute atomic E-state index is 10.2. The van der Waals surface area contributed by atoms with E-state index in [1.54, 1.807) is 0 Å². The highest BCUT2D eigenvalue weighted by Gasteiger charge is 1.98. The van der Waals surface area contributed by atoms with Crippen molar-refractivity contribution in [1.29, 1.82) is 0 Å². The van der Waals surface area contributed by atoms with E-state index in [-0.39, 0.29) is 11.5 Å². The van der Waals surface area contributed by atoms with Crippen molar-refractivity contribution < 1.29 is 4.92 Å². The smallest absolute Gasteiger partial charge is 0.203 e. The number of hydrogen-bond acceptors (Lipinski definition) is 2. The summed E-state index contributed by atoms with van der Waals surface area (Å²) in [5.74, 6) is 0. The van der Waals surface area contributed by atoms with E-state index in [2.05, 4.69) is 6.92 Å². The molecule has 0 fully saturated rings. The number of nitrogens with zero attached hydrogens (tertiary/aromatic N) is 1. The molecule has 0 unspecified atom stereocenters. The zero-order valence-electron chi connectivity index (χ0n) is 19.9. The van der Waals surface area contributed by atoms with Gasteiger partial charge in [-0.25, -0.2) is 0 Å². The summed E-state index contributed by atoms with van der Waals surface area (Å²) in [6.07, 6.45) is 32.8. The van der Waals surface area contributed by atoms with Gasteiger partial charge in [-0.15, -0.1) is 0 Å². The minimum Gasteiger partial charge on any atom is -0.265 e. The van der Waals surface area contributed by atoms with Crippen LogP contribution < -0.4 is 0 Å². The Morgan fingerprint density at radius 2 is 0.621 bits per heavy atom. The second kappa shape index (κ2) is 25.4. The van der Waals surface area contributed by atoms with Crippen LogP contribution in [0.3, 0.4) is 0 Å². The van der Waals surface area contributed by atoms with Crippen LogP contribution >= 0.6 is 0 Å². The SMILES string of the molecule is CCCCCCCCCCCCCCCCCCCCCCCCCC[N+](=O)[O-]. The molecule has 0 N–H and O–H groups in total. The molecule has 0 spiro atoms. The van der Waals surface area contributed by atoms with E-state index in [0.717, 1.165) is 12.8 Å². The molecule has 0 saturated carbocycles. The number of hydrogen-bond donors (Lipinski definition) is 0. The number of nitro groups is 1. The highest BCUT2D eigenvalue weighted by molar-refractivity contribution is 4.51. The molecule has 0 saturated heterocycles. The third kappa shape index (κ3) is 27.4. The standard InChI is InChI=1S/C26H53NO2/c1-2-3-4-5-6-7-8-9-10-11-12-13-14-15-16-17-18-19-20-21-22-23-24-25-26-27(28)29/h2-26H2,1H3. The predicted molar refractivity (Wildman–Crippen MR) is 128 cm³/mol. The quantitative estimate of drug-likeness (QED) is 0.0852. The van der Waals surface area contributed by atoms with Crippen LogP contribution in [0.1, 0.15) is 161 Å². The number of rotatable bonds is 25. The van der Waals surface area contributed by atoms with E-state index in [1.165, 1.54) is 141 Å². The fourth-order valence-electron chi connectivity index (χ4n) is 4.20. The van der Waals surface area contributed by atoms with Gasteiger partial charge in [0.05, 0.1) is 0 Å². The summed E-state index contributed by atoms with van der Waals surface area (Å²) < 4.78 is 0. The molecule has 0 aliphatic carbocycles. The monoisotopic (exact) mass is 411 g/mol. The Kier molecular flexibility index (Phi) is 24.9. The molecule has 0 rings (SSSR count). The molecule has 0 aromatic carbocycles. The average molecular weight is 412 g/mol. The Bertz CT molecular complexity index is 320. The van der Waals surface area contributed by atoms with Gasteiger partial charge >= 0.3 is 0 Å². The van der Waals surface area contributed by atoms with Crippen LogP contribution in [0.5, 0.6) is 0 Å². The Labute approximate surface area is 183 Å². The van der Waals surface area contributed by atoms with Gasteiger partial charge in [-0.2, -0.15) is 0 Å². The molecule has 3 nitrogen and oxygen atoms in total. The van der Waals surface area contributed by atoms with Crippen molar-refractivity contribution in [2.75, 3.05) is 6.54 Å². The summed E-state index contributed by atoms with van der Waals surface area (Å²) in [6.45, 7) is 2.44. The van der Waals surface area contributed by atoms with Crippen molar-refractivity contribution in [3.8, 4) is 0 Å². The predicted octanol–water partition coefficient (Wildman–Crippen LogP) is 9.65. The second-order valence-electron chi connectivity index (χ2n) is 9.19. The summed E-state index contributed by atoms with van der Waals surface area (Å²) in [5, 5.41) is 10.2. The van der Waals surface area contributed by atoms with E-state index in [4.69, 9.17) is 0 Å². The van der Waals surface area contributed by atoms with Crippen molar-refractivity contribution >= 4 is 0 Å². The average Bonchev–Trinajstić information content (AvgIpc) is 2.71. The van der Waals surface area contributed by atoms with E-state index in [0.29, 0.717) is 0 Å². The summed E-state index contributed by atoms with van der Waals surface area (Å²) in [6, 6.07) is 0. The van der Waals surface area contributed by atoms with Crippen molar-refractivity contribution in [1.82, 2.24) is 0 Å². The summed E-state index contributed by atoms with van der Waals surface area (Å²) in [5.41, 5.74) is 0. The van der Waals surface area contributed by atoms with E-state index >= 15 is 0 Å². The molecular weight excluding hydrogens is 358 g/mol. The first-order valence-corrected chi connectivity index (χ1v) is 13.4. The van der Waals surface area contributed by atoms with Gasteiger partial charge in [-0.3, -0.25) is 10.1 Å². The molecule has 29 heavy (non-hydrogen) atoms. The maximum Gasteiger partial charge on any atom is 0.203 e. The maximum atomic E-state index is 10.2. The van der Waals surface area contributed by atoms with Crippen LogP contribution in [0, 0.1) is 10.1 Å². The number of unbranched alkanes of at least 4 members (excludes halogenated alkanes) is 23. The van der Waals surface area contributed by atoms with Crippen LogP contribution in [0.25, 0.3) is 0 Å². The fraction of sp³-hybridized carbons (Fsp3) is 1.00. The molecule has 0 aliphatic heterocycles. The molecule has 3 heteroatoms. The van der Waals surface area contributed by atoms with Crippen LogP contribution in [-0.2, 0) is 0 Å². The zero-order chi connectivity index (χ0) is 21.3. The van der Waals surface area contributed by atoms with E-state index in [9.17, 15) is 10.1 Å². The summed E-state index contributed by atoms with van der Waals surface area (Å²) in [7, 11) is 0. The first-order valence-electron chi connectivity index (χ1n) is 13.4. The molecule has 174 valence electrons. The molecular formula is C26H53NO2. The molecule has 0 atom stereocenters. The zero-order valence-corrected chi connectivity index (χ0v) is 19.9. The Morgan fingerprint density at radius 3 is 0.828 bits per heavy atom. The lowest BCUT2D eigenvalue weighted by Gasteiger charge is -2.04. The first-order chi connectivity index (χ1) is 14.3. The largest absolute Gasteiger partial charge is 0.265 e. The highest BCUT2D eigenvalue weighted by atomic mass is 16.6. The molecule has 0 amide bonds. The lowest BCUT2D eigenvalue weighted by atomic mass is 10.0. The van der Waals surface area contributed by atoms with Crippen molar-refractivity contribution in [3.05, 3.63) is 10.1 Å². The minimum absolute atomic E-state index is 0.152. The third-order valence-electron chi connectivity index (χ3n) is 6.19. The van der Waals surface area contributed by atoms with Crippen molar-refractivity contribution in [2.24, 2.45) is 0 Å². The molecule has 0 aromatic heterocycles. The van der Waals surface area contributed by atoms with Crippen LogP contribution in [0.4, 0.5) is 0 Å². The molecule has 0 bridgehead atoms.